The maximum absolute atomic E-state index is 13.2. The van der Waals surface area contributed by atoms with Gasteiger partial charge in [0.25, 0.3) is 5.91 Å². The largest absolute Gasteiger partial charge is 0.489 e. The summed E-state index contributed by atoms with van der Waals surface area (Å²) in [5.74, 6) is -0.731. The van der Waals surface area contributed by atoms with Gasteiger partial charge in [-0.05, 0) is 37.3 Å². The number of amides is 1. The van der Waals surface area contributed by atoms with Crippen LogP contribution in [0.4, 0.5) is 14.5 Å². The number of carbonyl (C=O) groups is 1. The number of aryl methyl sites for hydroxylation is 1. The summed E-state index contributed by atoms with van der Waals surface area (Å²) in [6, 6.07) is 11.1. The second-order valence-electron chi connectivity index (χ2n) is 5.28. The molecule has 0 spiro atoms. The van der Waals surface area contributed by atoms with Crippen LogP contribution in [0.25, 0.3) is 0 Å². The standard InChI is InChI=1S/C18H14F2N2O3/c1-11-16(10-24-15-7-3-5-13(20)9-15)17(22-25-11)18(23)21-14-6-2-4-12(19)8-14/h2-9H,10H2,1H3,(H,21,23). The molecule has 1 amide bonds. The molecule has 0 radical (unpaired) electrons. The van der Waals surface area contributed by atoms with Crippen LogP contribution in [0.5, 0.6) is 5.75 Å². The normalized spacial score (nSPS) is 10.5. The van der Waals surface area contributed by atoms with E-state index in [1.165, 1.54) is 36.4 Å². The number of aromatic nitrogens is 1. The number of hydrogen-bond acceptors (Lipinski definition) is 4. The van der Waals surface area contributed by atoms with Crippen molar-refractivity contribution in [1.29, 1.82) is 0 Å². The maximum atomic E-state index is 13.2. The van der Waals surface area contributed by atoms with Crippen LogP contribution in [0.15, 0.2) is 53.1 Å². The molecule has 3 aromatic rings. The summed E-state index contributed by atoms with van der Waals surface area (Å²) in [5.41, 5.74) is 0.749. The lowest BCUT2D eigenvalue weighted by Gasteiger charge is -2.07. The highest BCUT2D eigenvalue weighted by molar-refractivity contribution is 6.03. The van der Waals surface area contributed by atoms with E-state index < -0.39 is 17.5 Å². The maximum Gasteiger partial charge on any atom is 0.278 e. The first kappa shape index (κ1) is 16.6. The molecule has 0 atom stereocenters. The number of carbonyl (C=O) groups excluding carboxylic acids is 1. The van der Waals surface area contributed by atoms with Gasteiger partial charge < -0.3 is 14.6 Å². The Labute approximate surface area is 142 Å². The van der Waals surface area contributed by atoms with Crippen LogP contribution in [-0.4, -0.2) is 11.1 Å². The zero-order chi connectivity index (χ0) is 17.8. The molecular weight excluding hydrogens is 330 g/mol. The Morgan fingerprint density at radius 1 is 1.16 bits per heavy atom. The lowest BCUT2D eigenvalue weighted by atomic mass is 10.2. The van der Waals surface area contributed by atoms with E-state index in [9.17, 15) is 13.6 Å². The van der Waals surface area contributed by atoms with E-state index in [-0.39, 0.29) is 12.3 Å². The molecule has 5 nitrogen and oxygen atoms in total. The molecule has 0 saturated carbocycles. The molecule has 0 fully saturated rings. The Kier molecular flexibility index (Phi) is 4.74. The first-order valence-electron chi connectivity index (χ1n) is 7.43. The number of anilines is 1. The Hall–Kier alpha value is -3.22. The molecule has 1 heterocycles. The lowest BCUT2D eigenvalue weighted by Crippen LogP contribution is -2.15. The molecule has 1 N–H and O–H groups in total. The van der Waals surface area contributed by atoms with Gasteiger partial charge >= 0.3 is 0 Å². The quantitative estimate of drug-likeness (QED) is 0.757. The molecule has 0 saturated heterocycles. The number of halogens is 2. The summed E-state index contributed by atoms with van der Waals surface area (Å²) in [6.07, 6.45) is 0. The van der Waals surface area contributed by atoms with Crippen LogP contribution < -0.4 is 10.1 Å². The van der Waals surface area contributed by atoms with Crippen molar-refractivity contribution in [2.45, 2.75) is 13.5 Å². The average Bonchev–Trinajstić information content (AvgIpc) is 2.94. The van der Waals surface area contributed by atoms with Crippen molar-refractivity contribution in [2.24, 2.45) is 0 Å². The predicted molar refractivity (Wildman–Crippen MR) is 86.3 cm³/mol. The third-order valence-corrected chi connectivity index (χ3v) is 3.46. The van der Waals surface area contributed by atoms with Crippen molar-refractivity contribution in [3.63, 3.8) is 0 Å². The van der Waals surface area contributed by atoms with Crippen molar-refractivity contribution in [3.05, 3.63) is 77.2 Å². The van der Waals surface area contributed by atoms with Gasteiger partial charge in [0.05, 0.1) is 5.56 Å². The third-order valence-electron chi connectivity index (χ3n) is 3.46. The van der Waals surface area contributed by atoms with Crippen LogP contribution in [0.2, 0.25) is 0 Å². The fraction of sp³-hybridized carbons (Fsp3) is 0.111. The molecule has 1 aromatic heterocycles. The van der Waals surface area contributed by atoms with Gasteiger partial charge in [0.15, 0.2) is 5.69 Å². The number of nitrogens with zero attached hydrogens (tertiary/aromatic N) is 1. The van der Waals surface area contributed by atoms with Gasteiger partial charge in [-0.1, -0.05) is 17.3 Å². The van der Waals surface area contributed by atoms with E-state index in [1.54, 1.807) is 19.1 Å². The summed E-state index contributed by atoms with van der Waals surface area (Å²) in [5, 5.41) is 6.27. The summed E-state index contributed by atoms with van der Waals surface area (Å²) >= 11 is 0. The van der Waals surface area contributed by atoms with E-state index in [4.69, 9.17) is 9.26 Å². The van der Waals surface area contributed by atoms with Crippen molar-refractivity contribution in [3.8, 4) is 5.75 Å². The Balaban J connectivity index is 1.75. The number of benzene rings is 2. The highest BCUT2D eigenvalue weighted by Gasteiger charge is 2.20. The molecule has 0 unspecified atom stereocenters. The zero-order valence-corrected chi connectivity index (χ0v) is 13.3. The second kappa shape index (κ2) is 7.12. The average molecular weight is 344 g/mol. The molecule has 25 heavy (non-hydrogen) atoms. The van der Waals surface area contributed by atoms with Gasteiger partial charge in [0, 0.05) is 11.8 Å². The molecule has 0 bridgehead atoms. The van der Waals surface area contributed by atoms with Crippen molar-refractivity contribution in [1.82, 2.24) is 5.16 Å². The van der Waals surface area contributed by atoms with Crippen LogP contribution >= 0.6 is 0 Å². The Morgan fingerprint density at radius 3 is 2.60 bits per heavy atom. The number of ether oxygens (including phenoxy) is 1. The van der Waals surface area contributed by atoms with Gasteiger partial charge in [-0.2, -0.15) is 0 Å². The lowest BCUT2D eigenvalue weighted by molar-refractivity contribution is 0.101. The first-order valence-corrected chi connectivity index (χ1v) is 7.43. The fourth-order valence-corrected chi connectivity index (χ4v) is 2.21. The van der Waals surface area contributed by atoms with E-state index in [0.717, 1.165) is 0 Å². The zero-order valence-electron chi connectivity index (χ0n) is 13.3. The topological polar surface area (TPSA) is 64.4 Å². The van der Waals surface area contributed by atoms with E-state index in [2.05, 4.69) is 10.5 Å². The summed E-state index contributed by atoms with van der Waals surface area (Å²) in [6.45, 7) is 1.61. The highest BCUT2D eigenvalue weighted by atomic mass is 19.1. The van der Waals surface area contributed by atoms with Gasteiger partial charge in [0.1, 0.15) is 29.8 Å². The minimum Gasteiger partial charge on any atom is -0.489 e. The molecule has 0 aliphatic rings. The summed E-state index contributed by atoms with van der Waals surface area (Å²) in [7, 11) is 0. The first-order chi connectivity index (χ1) is 12.0. The molecule has 0 aliphatic carbocycles. The van der Waals surface area contributed by atoms with E-state index in [0.29, 0.717) is 22.8 Å². The smallest absolute Gasteiger partial charge is 0.278 e. The van der Waals surface area contributed by atoms with E-state index in [1.807, 2.05) is 0 Å². The number of hydrogen-bond donors (Lipinski definition) is 1. The number of rotatable bonds is 5. The van der Waals surface area contributed by atoms with Gasteiger partial charge in [-0.25, -0.2) is 8.78 Å². The van der Waals surface area contributed by atoms with Crippen LogP contribution in [0.1, 0.15) is 21.8 Å². The van der Waals surface area contributed by atoms with Crippen molar-refractivity contribution < 1.29 is 22.8 Å². The third kappa shape index (κ3) is 4.00. The number of nitrogens with one attached hydrogen (secondary N) is 1. The Bertz CT molecular complexity index is 909. The predicted octanol–water partition coefficient (Wildman–Crippen LogP) is 4.09. The summed E-state index contributed by atoms with van der Waals surface area (Å²) in [4.78, 5) is 12.4. The molecule has 3 rings (SSSR count). The van der Waals surface area contributed by atoms with Crippen molar-refractivity contribution >= 4 is 11.6 Å². The van der Waals surface area contributed by atoms with E-state index >= 15 is 0 Å². The molecule has 2 aromatic carbocycles. The van der Waals surface area contributed by atoms with Crippen LogP contribution in [0, 0.1) is 18.6 Å². The van der Waals surface area contributed by atoms with Crippen molar-refractivity contribution in [2.75, 3.05) is 5.32 Å². The molecule has 7 heteroatoms. The molecular formula is C18H14F2N2O3. The minimum absolute atomic E-state index is 0.0231. The minimum atomic E-state index is -0.555. The molecule has 128 valence electrons. The second-order valence-corrected chi connectivity index (χ2v) is 5.28. The Morgan fingerprint density at radius 2 is 1.88 bits per heavy atom. The molecule has 0 aliphatic heterocycles. The monoisotopic (exact) mass is 344 g/mol. The fourth-order valence-electron chi connectivity index (χ4n) is 2.21. The van der Waals surface area contributed by atoms with Gasteiger partial charge in [-0.3, -0.25) is 4.79 Å². The van der Waals surface area contributed by atoms with Gasteiger partial charge in [0.2, 0.25) is 0 Å². The van der Waals surface area contributed by atoms with Crippen LogP contribution in [-0.2, 0) is 6.61 Å². The highest BCUT2D eigenvalue weighted by Crippen LogP contribution is 2.20. The summed E-state index contributed by atoms with van der Waals surface area (Å²) < 4.78 is 36.9. The van der Waals surface area contributed by atoms with Crippen LogP contribution in [0.3, 0.4) is 0 Å². The van der Waals surface area contributed by atoms with Gasteiger partial charge in [-0.15, -0.1) is 0 Å². The SMILES string of the molecule is Cc1onc(C(=O)Nc2cccc(F)c2)c1COc1cccc(F)c1.